The van der Waals surface area contributed by atoms with Crippen LogP contribution in [-0.2, 0) is 0 Å². The molecule has 0 fully saturated rings. The molecule has 0 aliphatic rings. The van der Waals surface area contributed by atoms with Gasteiger partial charge < -0.3 is 0 Å². The zero-order valence-corrected chi connectivity index (χ0v) is 12.1. The third kappa shape index (κ3) is 2.21. The Kier molecular flexibility index (Phi) is 3.05. The average Bonchev–Trinajstić information content (AvgIpc) is 2.99. The number of hydrogen-bond donors (Lipinski definition) is 0. The standard InChI is InChI=1S/C16H10ClN5/c17-14-3-1-2-11(6-14)16-21-20-15-5-4-12(9-22(15)16)13-7-18-10-19-8-13/h1-10H. The first-order chi connectivity index (χ1) is 10.8. The molecule has 4 rings (SSSR count). The predicted molar refractivity (Wildman–Crippen MR) is 84.5 cm³/mol. The summed E-state index contributed by atoms with van der Waals surface area (Å²) in [6.07, 6.45) is 7.04. The van der Waals surface area contributed by atoms with Crippen LogP contribution in [0.15, 0.2) is 61.3 Å². The van der Waals surface area contributed by atoms with E-state index in [2.05, 4.69) is 20.2 Å². The minimum absolute atomic E-state index is 0.668. The number of nitrogens with zero attached hydrogens (tertiary/aromatic N) is 5. The molecule has 6 heteroatoms. The van der Waals surface area contributed by atoms with Gasteiger partial charge in [0.25, 0.3) is 0 Å². The SMILES string of the molecule is Clc1cccc(-c2nnc3ccc(-c4cncnc4)cn23)c1. The summed E-state index contributed by atoms with van der Waals surface area (Å²) in [7, 11) is 0. The first kappa shape index (κ1) is 12.9. The van der Waals surface area contributed by atoms with Crippen LogP contribution in [0.3, 0.4) is 0 Å². The molecule has 4 aromatic rings. The summed E-state index contributed by atoms with van der Waals surface area (Å²) in [6.45, 7) is 0. The minimum atomic E-state index is 0.668. The van der Waals surface area contributed by atoms with E-state index in [0.717, 1.165) is 28.2 Å². The van der Waals surface area contributed by atoms with Crippen LogP contribution in [0.5, 0.6) is 0 Å². The predicted octanol–water partition coefficient (Wildman–Crippen LogP) is 3.51. The molecular formula is C16H10ClN5. The van der Waals surface area contributed by atoms with Crippen LogP contribution in [0, 0.1) is 0 Å². The first-order valence-electron chi connectivity index (χ1n) is 6.67. The van der Waals surface area contributed by atoms with Crippen molar-refractivity contribution in [1.29, 1.82) is 0 Å². The summed E-state index contributed by atoms with van der Waals surface area (Å²) in [5, 5.41) is 9.13. The molecule has 0 amide bonds. The average molecular weight is 308 g/mol. The van der Waals surface area contributed by atoms with E-state index in [1.807, 2.05) is 47.0 Å². The molecule has 3 heterocycles. The molecule has 0 bridgehead atoms. The molecule has 0 spiro atoms. The van der Waals surface area contributed by atoms with Crippen LogP contribution in [0.4, 0.5) is 0 Å². The lowest BCUT2D eigenvalue weighted by molar-refractivity contribution is 1.11. The summed E-state index contributed by atoms with van der Waals surface area (Å²) >= 11 is 6.07. The molecule has 0 atom stereocenters. The molecule has 0 radical (unpaired) electrons. The van der Waals surface area contributed by atoms with Crippen LogP contribution in [0.25, 0.3) is 28.2 Å². The molecule has 0 aliphatic carbocycles. The van der Waals surface area contributed by atoms with Crippen LogP contribution >= 0.6 is 11.6 Å². The highest BCUT2D eigenvalue weighted by Gasteiger charge is 2.09. The quantitative estimate of drug-likeness (QED) is 0.568. The van der Waals surface area contributed by atoms with E-state index in [-0.39, 0.29) is 0 Å². The van der Waals surface area contributed by atoms with E-state index in [9.17, 15) is 0 Å². The van der Waals surface area contributed by atoms with E-state index >= 15 is 0 Å². The maximum atomic E-state index is 6.07. The van der Waals surface area contributed by atoms with Crippen molar-refractivity contribution in [2.75, 3.05) is 0 Å². The molecule has 22 heavy (non-hydrogen) atoms. The lowest BCUT2D eigenvalue weighted by Gasteiger charge is -2.04. The van der Waals surface area contributed by atoms with Crippen LogP contribution in [0.2, 0.25) is 5.02 Å². The summed E-state index contributed by atoms with van der Waals surface area (Å²) in [5.41, 5.74) is 3.63. The highest BCUT2D eigenvalue weighted by atomic mass is 35.5. The first-order valence-corrected chi connectivity index (χ1v) is 7.05. The van der Waals surface area contributed by atoms with Gasteiger partial charge in [-0.3, -0.25) is 4.40 Å². The lowest BCUT2D eigenvalue weighted by atomic mass is 10.1. The van der Waals surface area contributed by atoms with Gasteiger partial charge in [-0.15, -0.1) is 10.2 Å². The monoisotopic (exact) mass is 307 g/mol. The van der Waals surface area contributed by atoms with E-state index in [4.69, 9.17) is 11.6 Å². The Hall–Kier alpha value is -2.79. The van der Waals surface area contributed by atoms with Crippen molar-refractivity contribution in [2.24, 2.45) is 0 Å². The molecule has 0 saturated carbocycles. The van der Waals surface area contributed by atoms with Crippen LogP contribution in [0.1, 0.15) is 0 Å². The number of fused-ring (bicyclic) bond motifs is 1. The van der Waals surface area contributed by atoms with Crippen molar-refractivity contribution in [1.82, 2.24) is 24.6 Å². The van der Waals surface area contributed by atoms with Crippen molar-refractivity contribution < 1.29 is 0 Å². The van der Waals surface area contributed by atoms with E-state index < -0.39 is 0 Å². The topological polar surface area (TPSA) is 56.0 Å². The van der Waals surface area contributed by atoms with Gasteiger partial charge in [-0.05, 0) is 24.3 Å². The highest BCUT2D eigenvalue weighted by Crippen LogP contribution is 2.24. The maximum Gasteiger partial charge on any atom is 0.168 e. The third-order valence-electron chi connectivity index (χ3n) is 3.38. The second-order valence-electron chi connectivity index (χ2n) is 4.81. The molecule has 0 aliphatic heterocycles. The molecule has 106 valence electrons. The van der Waals surface area contributed by atoms with Crippen LogP contribution in [-0.4, -0.2) is 24.6 Å². The Balaban J connectivity index is 1.91. The van der Waals surface area contributed by atoms with Gasteiger partial charge in [-0.25, -0.2) is 9.97 Å². The normalized spacial score (nSPS) is 11.0. The minimum Gasteiger partial charge on any atom is -0.282 e. The molecule has 5 nitrogen and oxygen atoms in total. The Bertz CT molecular complexity index is 949. The largest absolute Gasteiger partial charge is 0.282 e. The molecule has 1 aromatic carbocycles. The highest BCUT2D eigenvalue weighted by molar-refractivity contribution is 6.30. The summed E-state index contributed by atoms with van der Waals surface area (Å²) in [4.78, 5) is 8.10. The van der Waals surface area contributed by atoms with Gasteiger partial charge in [0.15, 0.2) is 11.5 Å². The van der Waals surface area contributed by atoms with Gasteiger partial charge in [0.1, 0.15) is 6.33 Å². The van der Waals surface area contributed by atoms with Gasteiger partial charge in [-0.1, -0.05) is 23.7 Å². The fourth-order valence-corrected chi connectivity index (χ4v) is 2.52. The Morgan fingerprint density at radius 2 is 1.73 bits per heavy atom. The Labute approximate surface area is 131 Å². The van der Waals surface area contributed by atoms with Gasteiger partial charge in [0.05, 0.1) is 0 Å². The van der Waals surface area contributed by atoms with Crippen molar-refractivity contribution in [3.8, 4) is 22.5 Å². The summed E-state index contributed by atoms with van der Waals surface area (Å²) in [5.74, 6) is 0.746. The molecule has 3 aromatic heterocycles. The summed E-state index contributed by atoms with van der Waals surface area (Å²) < 4.78 is 1.94. The van der Waals surface area contributed by atoms with Gasteiger partial charge in [0, 0.05) is 40.3 Å². The van der Waals surface area contributed by atoms with E-state index in [1.165, 1.54) is 6.33 Å². The molecule has 0 saturated heterocycles. The maximum absolute atomic E-state index is 6.07. The van der Waals surface area contributed by atoms with Crippen molar-refractivity contribution >= 4 is 17.2 Å². The van der Waals surface area contributed by atoms with Gasteiger partial charge in [-0.2, -0.15) is 0 Å². The zero-order chi connectivity index (χ0) is 14.9. The number of pyridine rings is 1. The molecule has 0 unspecified atom stereocenters. The smallest absolute Gasteiger partial charge is 0.168 e. The van der Waals surface area contributed by atoms with Crippen molar-refractivity contribution in [3.05, 3.63) is 66.3 Å². The van der Waals surface area contributed by atoms with E-state index in [1.54, 1.807) is 12.4 Å². The van der Waals surface area contributed by atoms with E-state index in [0.29, 0.717) is 5.02 Å². The zero-order valence-electron chi connectivity index (χ0n) is 11.4. The Morgan fingerprint density at radius 3 is 2.55 bits per heavy atom. The van der Waals surface area contributed by atoms with Gasteiger partial charge in [0.2, 0.25) is 0 Å². The van der Waals surface area contributed by atoms with Crippen LogP contribution < -0.4 is 0 Å². The fraction of sp³-hybridized carbons (Fsp3) is 0. The summed E-state index contributed by atoms with van der Waals surface area (Å²) in [6, 6.07) is 11.5. The Morgan fingerprint density at radius 1 is 0.864 bits per heavy atom. The number of halogens is 1. The fourth-order valence-electron chi connectivity index (χ4n) is 2.33. The molecular weight excluding hydrogens is 298 g/mol. The number of rotatable bonds is 2. The third-order valence-corrected chi connectivity index (χ3v) is 3.61. The number of benzene rings is 1. The van der Waals surface area contributed by atoms with Crippen molar-refractivity contribution in [2.45, 2.75) is 0 Å². The number of hydrogen-bond acceptors (Lipinski definition) is 4. The number of aromatic nitrogens is 5. The van der Waals surface area contributed by atoms with Crippen molar-refractivity contribution in [3.63, 3.8) is 0 Å². The second kappa shape index (κ2) is 5.20. The van der Waals surface area contributed by atoms with Gasteiger partial charge >= 0.3 is 0 Å². The second-order valence-corrected chi connectivity index (χ2v) is 5.24. The lowest BCUT2D eigenvalue weighted by Crippen LogP contribution is -1.91. The molecule has 0 N–H and O–H groups in total.